The number of pyridine rings is 1. The van der Waals surface area contributed by atoms with Crippen LogP contribution in [0.15, 0.2) is 24.4 Å². The summed E-state index contributed by atoms with van der Waals surface area (Å²) in [6, 6.07) is 3.69. The average Bonchev–Trinajstić information content (AvgIpc) is 2.25. The molecule has 0 unspecified atom stereocenters. The van der Waals surface area contributed by atoms with Crippen LogP contribution in [0.25, 0.3) is 6.08 Å². The van der Waals surface area contributed by atoms with E-state index in [1.807, 2.05) is 18.2 Å². The molecule has 5 heteroatoms. The van der Waals surface area contributed by atoms with Crippen molar-refractivity contribution in [1.82, 2.24) is 4.98 Å². The fraction of sp³-hybridized carbons (Fsp3) is 0.200. The number of carbonyl (C=O) groups excluding carboxylic acids is 1. The van der Waals surface area contributed by atoms with Crippen molar-refractivity contribution in [2.24, 2.45) is 5.84 Å². The molecule has 0 aromatic carbocycles. The molecule has 4 nitrogen and oxygen atoms in total. The SMILES string of the molecule is CC(=O)SCC=Cc1ccc(NN)nc1. The molecule has 3 N–H and O–H groups in total. The molecule has 0 aliphatic carbocycles. The highest BCUT2D eigenvalue weighted by atomic mass is 32.2. The van der Waals surface area contributed by atoms with E-state index in [0.717, 1.165) is 5.56 Å². The molecule has 0 aliphatic rings. The van der Waals surface area contributed by atoms with Crippen LogP contribution in [-0.2, 0) is 4.79 Å². The van der Waals surface area contributed by atoms with E-state index in [1.54, 1.807) is 19.2 Å². The lowest BCUT2D eigenvalue weighted by atomic mass is 10.2. The molecule has 0 amide bonds. The summed E-state index contributed by atoms with van der Waals surface area (Å²) in [5.41, 5.74) is 3.44. The van der Waals surface area contributed by atoms with E-state index in [0.29, 0.717) is 11.6 Å². The first kappa shape index (κ1) is 11.7. The highest BCUT2D eigenvalue weighted by Crippen LogP contribution is 2.07. The van der Waals surface area contributed by atoms with Crippen LogP contribution in [0, 0.1) is 0 Å². The second kappa shape index (κ2) is 6.21. The zero-order valence-electron chi connectivity index (χ0n) is 8.43. The van der Waals surface area contributed by atoms with Gasteiger partial charge in [-0.25, -0.2) is 10.8 Å². The third-order valence-electron chi connectivity index (χ3n) is 1.63. The predicted molar refractivity (Wildman–Crippen MR) is 64.2 cm³/mol. The molecule has 0 fully saturated rings. The summed E-state index contributed by atoms with van der Waals surface area (Å²) >= 11 is 1.28. The molecule has 1 aromatic heterocycles. The van der Waals surface area contributed by atoms with Gasteiger partial charge in [0.15, 0.2) is 5.12 Å². The highest BCUT2D eigenvalue weighted by Gasteiger charge is 1.91. The van der Waals surface area contributed by atoms with Crippen molar-refractivity contribution in [1.29, 1.82) is 0 Å². The summed E-state index contributed by atoms with van der Waals surface area (Å²) in [5, 5.41) is 0.125. The fourth-order valence-electron chi connectivity index (χ4n) is 0.939. The van der Waals surface area contributed by atoms with Gasteiger partial charge in [-0.3, -0.25) is 4.79 Å². The number of hydrazine groups is 1. The lowest BCUT2D eigenvalue weighted by Crippen LogP contribution is -2.07. The summed E-state index contributed by atoms with van der Waals surface area (Å²) in [7, 11) is 0. The number of thioether (sulfide) groups is 1. The molecular formula is C10H13N3OS. The zero-order chi connectivity index (χ0) is 11.1. The van der Waals surface area contributed by atoms with Gasteiger partial charge in [-0.1, -0.05) is 23.9 Å². The molecule has 15 heavy (non-hydrogen) atoms. The first-order valence-corrected chi connectivity index (χ1v) is 5.43. The van der Waals surface area contributed by atoms with Crippen LogP contribution in [-0.4, -0.2) is 15.9 Å². The summed E-state index contributed by atoms with van der Waals surface area (Å²) in [4.78, 5) is 14.7. The van der Waals surface area contributed by atoms with Gasteiger partial charge < -0.3 is 5.43 Å². The van der Waals surface area contributed by atoms with Crippen molar-refractivity contribution in [3.05, 3.63) is 30.0 Å². The maximum absolute atomic E-state index is 10.6. The van der Waals surface area contributed by atoms with E-state index in [9.17, 15) is 4.79 Å². The molecule has 0 saturated carbocycles. The maximum Gasteiger partial charge on any atom is 0.186 e. The van der Waals surface area contributed by atoms with E-state index in [1.165, 1.54) is 11.8 Å². The van der Waals surface area contributed by atoms with Crippen LogP contribution in [0.4, 0.5) is 5.82 Å². The van der Waals surface area contributed by atoms with Crippen LogP contribution in [0.1, 0.15) is 12.5 Å². The van der Waals surface area contributed by atoms with Gasteiger partial charge in [-0.15, -0.1) is 0 Å². The fourth-order valence-corrected chi connectivity index (χ4v) is 1.37. The Bertz CT molecular complexity index is 348. The van der Waals surface area contributed by atoms with Gasteiger partial charge in [0.25, 0.3) is 0 Å². The van der Waals surface area contributed by atoms with Gasteiger partial charge in [-0.05, 0) is 17.7 Å². The van der Waals surface area contributed by atoms with Crippen molar-refractivity contribution in [3.63, 3.8) is 0 Å². The number of rotatable bonds is 4. The monoisotopic (exact) mass is 223 g/mol. The topological polar surface area (TPSA) is 68.0 Å². The second-order valence-corrected chi connectivity index (χ2v) is 4.02. The normalized spacial score (nSPS) is 10.5. The molecule has 0 radical (unpaired) electrons. The summed E-state index contributed by atoms with van der Waals surface area (Å²) < 4.78 is 0. The number of nitrogens with zero attached hydrogens (tertiary/aromatic N) is 1. The van der Waals surface area contributed by atoms with E-state index >= 15 is 0 Å². The van der Waals surface area contributed by atoms with Gasteiger partial charge >= 0.3 is 0 Å². The number of nitrogens with two attached hydrogens (primary N) is 1. The van der Waals surface area contributed by atoms with E-state index in [2.05, 4.69) is 10.4 Å². The Morgan fingerprint density at radius 2 is 2.47 bits per heavy atom. The Kier molecular flexibility index (Phi) is 4.86. The van der Waals surface area contributed by atoms with Gasteiger partial charge in [0.05, 0.1) is 0 Å². The molecule has 0 saturated heterocycles. The van der Waals surface area contributed by atoms with Crippen LogP contribution >= 0.6 is 11.8 Å². The van der Waals surface area contributed by atoms with Crippen molar-refractivity contribution in [3.8, 4) is 0 Å². The third-order valence-corrected chi connectivity index (χ3v) is 2.39. The van der Waals surface area contributed by atoms with Crippen molar-refractivity contribution >= 4 is 28.8 Å². The molecule has 0 aliphatic heterocycles. The summed E-state index contributed by atoms with van der Waals surface area (Å²) in [6.45, 7) is 1.56. The molecule has 0 spiro atoms. The van der Waals surface area contributed by atoms with E-state index in [-0.39, 0.29) is 5.12 Å². The molecule has 1 heterocycles. The smallest absolute Gasteiger partial charge is 0.186 e. The van der Waals surface area contributed by atoms with Gasteiger partial charge in [0.2, 0.25) is 0 Å². The lowest BCUT2D eigenvalue weighted by molar-refractivity contribution is -0.109. The summed E-state index contributed by atoms with van der Waals surface area (Å²) in [6.07, 6.45) is 5.56. The van der Waals surface area contributed by atoms with Crippen LogP contribution in [0.5, 0.6) is 0 Å². The standard InChI is InChI=1S/C10H13N3OS/c1-8(14)15-6-2-3-9-4-5-10(13-11)12-7-9/h2-5,7H,6,11H2,1H3,(H,12,13). The molecule has 0 bridgehead atoms. The minimum absolute atomic E-state index is 0.125. The number of nitrogens with one attached hydrogen (secondary N) is 1. The van der Waals surface area contributed by atoms with E-state index < -0.39 is 0 Å². The van der Waals surface area contributed by atoms with Gasteiger partial charge in [0, 0.05) is 18.9 Å². The molecule has 80 valence electrons. The van der Waals surface area contributed by atoms with Crippen molar-refractivity contribution < 1.29 is 4.79 Å². The van der Waals surface area contributed by atoms with Crippen LogP contribution < -0.4 is 11.3 Å². The number of hydrogen-bond donors (Lipinski definition) is 2. The minimum atomic E-state index is 0.125. The Morgan fingerprint density at radius 3 is 3.00 bits per heavy atom. The summed E-state index contributed by atoms with van der Waals surface area (Å²) in [5.74, 6) is 6.50. The van der Waals surface area contributed by atoms with Gasteiger partial charge in [0.1, 0.15) is 5.82 Å². The van der Waals surface area contributed by atoms with Crippen molar-refractivity contribution in [2.75, 3.05) is 11.2 Å². The minimum Gasteiger partial charge on any atom is -0.308 e. The number of anilines is 1. The number of nitrogen functional groups attached to an aromatic ring is 1. The number of hydrogen-bond acceptors (Lipinski definition) is 5. The van der Waals surface area contributed by atoms with Crippen LogP contribution in [0.3, 0.4) is 0 Å². The second-order valence-electron chi connectivity index (χ2n) is 2.83. The van der Waals surface area contributed by atoms with E-state index in [4.69, 9.17) is 5.84 Å². The number of aromatic nitrogens is 1. The largest absolute Gasteiger partial charge is 0.308 e. The lowest BCUT2D eigenvalue weighted by Gasteiger charge is -1.97. The molecule has 0 atom stereocenters. The first-order chi connectivity index (χ1) is 7.22. The number of carbonyl (C=O) groups is 1. The average molecular weight is 223 g/mol. The zero-order valence-corrected chi connectivity index (χ0v) is 9.25. The molecular weight excluding hydrogens is 210 g/mol. The Morgan fingerprint density at radius 1 is 1.67 bits per heavy atom. The Labute approximate surface area is 92.9 Å². The van der Waals surface area contributed by atoms with Crippen molar-refractivity contribution in [2.45, 2.75) is 6.92 Å². The predicted octanol–water partition coefficient (Wildman–Crippen LogP) is 1.66. The molecule has 1 aromatic rings. The van der Waals surface area contributed by atoms with Crippen LogP contribution in [0.2, 0.25) is 0 Å². The third kappa shape index (κ3) is 4.62. The Balaban J connectivity index is 2.46. The highest BCUT2D eigenvalue weighted by molar-refractivity contribution is 8.13. The maximum atomic E-state index is 10.6. The first-order valence-electron chi connectivity index (χ1n) is 4.45. The Hall–Kier alpha value is -1.33. The van der Waals surface area contributed by atoms with Gasteiger partial charge in [-0.2, -0.15) is 0 Å². The quantitative estimate of drug-likeness (QED) is 0.600. The molecule has 1 rings (SSSR count).